The molecule has 29 heavy (non-hydrogen) atoms. The largest absolute Gasteiger partial charge is 0.493 e. The van der Waals surface area contributed by atoms with E-state index in [1.807, 2.05) is 37.3 Å². The van der Waals surface area contributed by atoms with Gasteiger partial charge in [-0.1, -0.05) is 6.08 Å². The van der Waals surface area contributed by atoms with Gasteiger partial charge in [0.1, 0.15) is 6.10 Å². The zero-order valence-corrected chi connectivity index (χ0v) is 18.0. The number of benzene rings is 2. The summed E-state index contributed by atoms with van der Waals surface area (Å²) in [5.41, 5.74) is 2.03. The first-order chi connectivity index (χ1) is 14.0. The highest BCUT2D eigenvalue weighted by Crippen LogP contribution is 2.41. The molecule has 158 valence electrons. The third-order valence-electron chi connectivity index (χ3n) is 4.47. The highest BCUT2D eigenvalue weighted by molar-refractivity contribution is 5.55. The summed E-state index contributed by atoms with van der Waals surface area (Å²) >= 11 is 0. The quantitative estimate of drug-likeness (QED) is 0.517. The van der Waals surface area contributed by atoms with E-state index in [9.17, 15) is 0 Å². The van der Waals surface area contributed by atoms with E-state index in [1.165, 1.54) is 0 Å². The van der Waals surface area contributed by atoms with Gasteiger partial charge < -0.3 is 28.4 Å². The maximum Gasteiger partial charge on any atom is 0.203 e. The van der Waals surface area contributed by atoms with Crippen LogP contribution in [0.2, 0.25) is 0 Å². The second-order valence-corrected chi connectivity index (χ2v) is 6.49. The molecule has 6 heteroatoms. The molecule has 0 amide bonds. The Balaban J connectivity index is 2.29. The minimum atomic E-state index is -0.161. The lowest BCUT2D eigenvalue weighted by atomic mass is 10.1. The molecule has 2 aromatic rings. The predicted octanol–water partition coefficient (Wildman–Crippen LogP) is 4.47. The third kappa shape index (κ3) is 5.28. The summed E-state index contributed by atoms with van der Waals surface area (Å²) in [5, 5.41) is 0. The number of methoxy groups -OCH3 is 5. The summed E-state index contributed by atoms with van der Waals surface area (Å²) in [5.74, 6) is 3.60. The third-order valence-corrected chi connectivity index (χ3v) is 4.47. The minimum absolute atomic E-state index is 0.161. The van der Waals surface area contributed by atoms with Gasteiger partial charge in [0.05, 0.1) is 35.5 Å². The van der Waals surface area contributed by atoms with Crippen LogP contribution in [0.5, 0.6) is 34.5 Å². The van der Waals surface area contributed by atoms with Crippen LogP contribution in [0.15, 0.2) is 36.9 Å². The van der Waals surface area contributed by atoms with Gasteiger partial charge in [0.25, 0.3) is 0 Å². The summed E-state index contributed by atoms with van der Waals surface area (Å²) in [6, 6.07) is 7.71. The van der Waals surface area contributed by atoms with Crippen molar-refractivity contribution in [3.8, 4) is 34.5 Å². The molecule has 0 unspecified atom stereocenters. The number of ether oxygens (including phenoxy) is 6. The van der Waals surface area contributed by atoms with Crippen LogP contribution in [-0.4, -0.2) is 41.7 Å². The van der Waals surface area contributed by atoms with Crippen LogP contribution in [-0.2, 0) is 12.8 Å². The highest BCUT2D eigenvalue weighted by atomic mass is 16.5. The van der Waals surface area contributed by atoms with Crippen LogP contribution >= 0.6 is 0 Å². The van der Waals surface area contributed by atoms with E-state index in [4.69, 9.17) is 28.4 Å². The molecule has 0 radical (unpaired) electrons. The van der Waals surface area contributed by atoms with Crippen LogP contribution < -0.4 is 28.4 Å². The SMILES string of the molecule is C=CCc1cc(OC)c(O[C@H](C)Cc2cc(OC)c(OC)c(OC)c2)c(OC)c1. The van der Waals surface area contributed by atoms with Crippen molar-refractivity contribution < 1.29 is 28.4 Å². The molecule has 2 aromatic carbocycles. The Hall–Kier alpha value is -3.02. The number of rotatable bonds is 11. The van der Waals surface area contributed by atoms with Crippen LogP contribution in [0.4, 0.5) is 0 Å². The molecule has 0 aliphatic carbocycles. The summed E-state index contributed by atoms with van der Waals surface area (Å²) in [6.45, 7) is 5.77. The summed E-state index contributed by atoms with van der Waals surface area (Å²) < 4.78 is 33.5. The van der Waals surface area contributed by atoms with Gasteiger partial charge in [-0.3, -0.25) is 0 Å². The van der Waals surface area contributed by atoms with Gasteiger partial charge >= 0.3 is 0 Å². The Morgan fingerprint density at radius 1 is 0.724 bits per heavy atom. The van der Waals surface area contributed by atoms with E-state index in [0.717, 1.165) is 11.1 Å². The Labute approximate surface area is 172 Å². The maximum atomic E-state index is 6.21. The van der Waals surface area contributed by atoms with Crippen molar-refractivity contribution in [2.75, 3.05) is 35.5 Å². The van der Waals surface area contributed by atoms with E-state index >= 15 is 0 Å². The monoisotopic (exact) mass is 402 g/mol. The van der Waals surface area contributed by atoms with Gasteiger partial charge in [-0.05, 0) is 48.7 Å². The first-order valence-electron chi connectivity index (χ1n) is 9.32. The van der Waals surface area contributed by atoms with Gasteiger partial charge in [-0.2, -0.15) is 0 Å². The molecule has 2 rings (SSSR count). The zero-order valence-electron chi connectivity index (χ0n) is 18.0. The molecule has 0 aromatic heterocycles. The van der Waals surface area contributed by atoms with E-state index in [2.05, 4.69) is 6.58 Å². The Bertz CT molecular complexity index is 780. The van der Waals surface area contributed by atoms with Crippen LogP contribution in [0.25, 0.3) is 0 Å². The Morgan fingerprint density at radius 3 is 1.59 bits per heavy atom. The normalized spacial score (nSPS) is 11.4. The lowest BCUT2D eigenvalue weighted by molar-refractivity contribution is 0.201. The lowest BCUT2D eigenvalue weighted by Crippen LogP contribution is -2.16. The zero-order chi connectivity index (χ0) is 21.4. The summed E-state index contributed by atoms with van der Waals surface area (Å²) in [6.07, 6.45) is 3.01. The maximum absolute atomic E-state index is 6.21. The molecule has 0 aliphatic heterocycles. The second-order valence-electron chi connectivity index (χ2n) is 6.49. The number of hydrogen-bond donors (Lipinski definition) is 0. The van der Waals surface area contributed by atoms with Crippen molar-refractivity contribution in [3.63, 3.8) is 0 Å². The average Bonchev–Trinajstić information content (AvgIpc) is 2.73. The summed E-state index contributed by atoms with van der Waals surface area (Å²) in [7, 11) is 8.01. The molecule has 0 bridgehead atoms. The van der Waals surface area contributed by atoms with E-state index in [0.29, 0.717) is 47.3 Å². The molecule has 1 atom stereocenters. The number of allylic oxidation sites excluding steroid dienone is 1. The van der Waals surface area contributed by atoms with Gasteiger partial charge in [0.15, 0.2) is 23.0 Å². The van der Waals surface area contributed by atoms with Crippen molar-refractivity contribution in [3.05, 3.63) is 48.0 Å². The highest BCUT2D eigenvalue weighted by Gasteiger charge is 2.19. The fourth-order valence-electron chi connectivity index (χ4n) is 3.16. The van der Waals surface area contributed by atoms with Crippen LogP contribution in [0, 0.1) is 0 Å². The van der Waals surface area contributed by atoms with Gasteiger partial charge in [0.2, 0.25) is 11.5 Å². The molecule has 0 aliphatic rings. The fraction of sp³-hybridized carbons (Fsp3) is 0.391. The Kier molecular flexibility index (Phi) is 8.07. The molecule has 0 N–H and O–H groups in total. The molecular formula is C23H30O6. The van der Waals surface area contributed by atoms with Gasteiger partial charge in [-0.25, -0.2) is 0 Å². The Morgan fingerprint density at radius 2 is 1.17 bits per heavy atom. The van der Waals surface area contributed by atoms with E-state index in [1.54, 1.807) is 35.5 Å². The standard InChI is InChI=1S/C23H30O6/c1-8-9-16-11-20(26-5)23(21(12-16)27-6)29-15(2)10-17-13-18(24-3)22(28-7)19(14-17)25-4/h8,11-15H,1,9-10H2,2-7H3/t15-/m1/s1. The number of hydrogen-bond acceptors (Lipinski definition) is 6. The predicted molar refractivity (Wildman–Crippen MR) is 113 cm³/mol. The lowest BCUT2D eigenvalue weighted by Gasteiger charge is -2.21. The van der Waals surface area contributed by atoms with E-state index < -0.39 is 0 Å². The molecular weight excluding hydrogens is 372 g/mol. The average molecular weight is 402 g/mol. The molecule has 0 heterocycles. The smallest absolute Gasteiger partial charge is 0.203 e. The van der Waals surface area contributed by atoms with Gasteiger partial charge in [-0.15, -0.1) is 6.58 Å². The molecule has 0 fully saturated rings. The van der Waals surface area contributed by atoms with Crippen molar-refractivity contribution in [1.82, 2.24) is 0 Å². The van der Waals surface area contributed by atoms with Gasteiger partial charge in [0, 0.05) is 6.42 Å². The first kappa shape index (κ1) is 22.3. The van der Waals surface area contributed by atoms with Crippen molar-refractivity contribution >= 4 is 0 Å². The topological polar surface area (TPSA) is 55.4 Å². The second kappa shape index (κ2) is 10.5. The van der Waals surface area contributed by atoms with Crippen LogP contribution in [0.3, 0.4) is 0 Å². The van der Waals surface area contributed by atoms with E-state index in [-0.39, 0.29) is 6.10 Å². The van der Waals surface area contributed by atoms with Crippen LogP contribution in [0.1, 0.15) is 18.1 Å². The van der Waals surface area contributed by atoms with Crippen molar-refractivity contribution in [1.29, 1.82) is 0 Å². The van der Waals surface area contributed by atoms with Crippen molar-refractivity contribution in [2.24, 2.45) is 0 Å². The van der Waals surface area contributed by atoms with Crippen molar-refractivity contribution in [2.45, 2.75) is 25.9 Å². The molecule has 0 saturated carbocycles. The first-order valence-corrected chi connectivity index (χ1v) is 9.32. The fourth-order valence-corrected chi connectivity index (χ4v) is 3.16. The molecule has 0 spiro atoms. The molecule has 0 saturated heterocycles. The molecule has 6 nitrogen and oxygen atoms in total. The minimum Gasteiger partial charge on any atom is -0.493 e. The summed E-state index contributed by atoms with van der Waals surface area (Å²) in [4.78, 5) is 0.